The van der Waals surface area contributed by atoms with Gasteiger partial charge in [0.05, 0.1) is 18.0 Å². The van der Waals surface area contributed by atoms with Crippen LogP contribution >= 0.6 is 11.6 Å². The van der Waals surface area contributed by atoms with Crippen LogP contribution in [0.25, 0.3) is 0 Å². The zero-order valence-corrected chi connectivity index (χ0v) is 14.3. The van der Waals surface area contributed by atoms with Gasteiger partial charge in [-0.15, -0.1) is 0 Å². The lowest BCUT2D eigenvalue weighted by molar-refractivity contribution is 0.396. The van der Waals surface area contributed by atoms with E-state index in [-0.39, 0.29) is 6.04 Å². The molecule has 122 valence electrons. The summed E-state index contributed by atoms with van der Waals surface area (Å²) in [5.41, 5.74) is 0.976. The van der Waals surface area contributed by atoms with Crippen molar-refractivity contribution in [2.45, 2.75) is 23.8 Å². The minimum atomic E-state index is -3.53. The molecule has 0 spiro atoms. The SMILES string of the molecule is COc1ccc(S(=O)(=O)N2CCC[C@H]2c2ccc(Cl)cc2)cc1. The Hall–Kier alpha value is -1.56. The van der Waals surface area contributed by atoms with Crippen LogP contribution in [0, 0.1) is 0 Å². The van der Waals surface area contributed by atoms with Crippen LogP contribution < -0.4 is 4.74 Å². The lowest BCUT2D eigenvalue weighted by atomic mass is 10.1. The fourth-order valence-electron chi connectivity index (χ4n) is 2.93. The molecule has 3 rings (SSSR count). The highest BCUT2D eigenvalue weighted by atomic mass is 35.5. The molecular formula is C17H18ClNO3S. The molecule has 2 aromatic rings. The number of benzene rings is 2. The lowest BCUT2D eigenvalue weighted by Crippen LogP contribution is -2.30. The van der Waals surface area contributed by atoms with E-state index < -0.39 is 10.0 Å². The Labute approximate surface area is 141 Å². The smallest absolute Gasteiger partial charge is 0.243 e. The highest BCUT2D eigenvalue weighted by Gasteiger charge is 2.36. The molecule has 0 aliphatic carbocycles. The van der Waals surface area contributed by atoms with Gasteiger partial charge in [0, 0.05) is 11.6 Å². The second-order valence-electron chi connectivity index (χ2n) is 5.50. The van der Waals surface area contributed by atoms with Crippen LogP contribution in [0.1, 0.15) is 24.4 Å². The number of hydrogen-bond acceptors (Lipinski definition) is 3. The van der Waals surface area contributed by atoms with E-state index in [1.54, 1.807) is 47.8 Å². The first kappa shape index (κ1) is 16.3. The normalized spacial score (nSPS) is 19.0. The minimum Gasteiger partial charge on any atom is -0.497 e. The van der Waals surface area contributed by atoms with Gasteiger partial charge in [0.2, 0.25) is 10.0 Å². The zero-order chi connectivity index (χ0) is 16.4. The molecule has 1 atom stereocenters. The standard InChI is InChI=1S/C17H18ClNO3S/c1-22-15-8-10-16(11-9-15)23(20,21)19-12-2-3-17(19)13-4-6-14(18)7-5-13/h4-11,17H,2-3,12H2,1H3/t17-/m0/s1. The topological polar surface area (TPSA) is 46.6 Å². The maximum absolute atomic E-state index is 12.9. The average Bonchev–Trinajstić information content (AvgIpc) is 3.06. The van der Waals surface area contributed by atoms with E-state index in [2.05, 4.69) is 0 Å². The fraction of sp³-hybridized carbons (Fsp3) is 0.294. The van der Waals surface area contributed by atoms with Crippen LogP contribution in [-0.4, -0.2) is 26.4 Å². The van der Waals surface area contributed by atoms with Gasteiger partial charge in [-0.1, -0.05) is 23.7 Å². The average molecular weight is 352 g/mol. The summed E-state index contributed by atoms with van der Waals surface area (Å²) in [4.78, 5) is 0.291. The molecule has 1 fully saturated rings. The van der Waals surface area contributed by atoms with Gasteiger partial charge in [-0.05, 0) is 54.8 Å². The molecule has 1 aliphatic heterocycles. The third kappa shape index (κ3) is 3.22. The zero-order valence-electron chi connectivity index (χ0n) is 12.8. The quantitative estimate of drug-likeness (QED) is 0.839. The fourth-order valence-corrected chi connectivity index (χ4v) is 4.74. The summed E-state index contributed by atoms with van der Waals surface area (Å²) in [5, 5.41) is 0.649. The Morgan fingerprint density at radius 2 is 1.74 bits per heavy atom. The van der Waals surface area contributed by atoms with E-state index in [0.717, 1.165) is 18.4 Å². The third-order valence-electron chi connectivity index (χ3n) is 4.12. The highest BCUT2D eigenvalue weighted by Crippen LogP contribution is 2.37. The van der Waals surface area contributed by atoms with Gasteiger partial charge in [0.1, 0.15) is 5.75 Å². The Morgan fingerprint density at radius 1 is 1.09 bits per heavy atom. The van der Waals surface area contributed by atoms with Crippen molar-refractivity contribution < 1.29 is 13.2 Å². The number of rotatable bonds is 4. The lowest BCUT2D eigenvalue weighted by Gasteiger charge is -2.24. The molecular weight excluding hydrogens is 334 g/mol. The van der Waals surface area contributed by atoms with Crippen molar-refractivity contribution >= 4 is 21.6 Å². The predicted molar refractivity (Wildman–Crippen MR) is 90.3 cm³/mol. The summed E-state index contributed by atoms with van der Waals surface area (Å²) in [6.45, 7) is 0.529. The van der Waals surface area contributed by atoms with Crippen molar-refractivity contribution in [1.82, 2.24) is 4.31 Å². The van der Waals surface area contributed by atoms with E-state index in [9.17, 15) is 8.42 Å². The summed E-state index contributed by atoms with van der Waals surface area (Å²) >= 11 is 5.93. The molecule has 1 saturated heterocycles. The highest BCUT2D eigenvalue weighted by molar-refractivity contribution is 7.89. The molecule has 23 heavy (non-hydrogen) atoms. The molecule has 0 N–H and O–H groups in total. The largest absolute Gasteiger partial charge is 0.497 e. The van der Waals surface area contributed by atoms with E-state index in [1.807, 2.05) is 12.1 Å². The van der Waals surface area contributed by atoms with Crippen LogP contribution in [0.15, 0.2) is 53.4 Å². The van der Waals surface area contributed by atoms with Crippen molar-refractivity contribution in [3.8, 4) is 5.75 Å². The summed E-state index contributed by atoms with van der Waals surface area (Å²) in [7, 11) is -1.97. The second kappa shape index (κ2) is 6.51. The van der Waals surface area contributed by atoms with E-state index >= 15 is 0 Å². The van der Waals surface area contributed by atoms with E-state index in [1.165, 1.54) is 0 Å². The van der Waals surface area contributed by atoms with Gasteiger partial charge in [-0.25, -0.2) is 8.42 Å². The van der Waals surface area contributed by atoms with Crippen LogP contribution in [0.2, 0.25) is 5.02 Å². The summed E-state index contributed by atoms with van der Waals surface area (Å²) in [6, 6.07) is 13.8. The molecule has 6 heteroatoms. The first-order chi connectivity index (χ1) is 11.0. The van der Waals surface area contributed by atoms with Gasteiger partial charge in [-0.3, -0.25) is 0 Å². The predicted octanol–water partition coefficient (Wildman–Crippen LogP) is 3.87. The molecule has 0 aromatic heterocycles. The van der Waals surface area contributed by atoms with Gasteiger partial charge in [0.25, 0.3) is 0 Å². The Bertz CT molecular complexity index is 772. The summed E-state index contributed by atoms with van der Waals surface area (Å²) < 4.78 is 32.6. The second-order valence-corrected chi connectivity index (χ2v) is 7.83. The van der Waals surface area contributed by atoms with E-state index in [4.69, 9.17) is 16.3 Å². The van der Waals surface area contributed by atoms with Crippen molar-refractivity contribution in [3.63, 3.8) is 0 Å². The van der Waals surface area contributed by atoms with Gasteiger partial charge in [0.15, 0.2) is 0 Å². The van der Waals surface area contributed by atoms with Gasteiger partial charge >= 0.3 is 0 Å². The van der Waals surface area contributed by atoms with Crippen molar-refractivity contribution in [2.24, 2.45) is 0 Å². The number of halogens is 1. The minimum absolute atomic E-state index is 0.139. The van der Waals surface area contributed by atoms with E-state index in [0.29, 0.717) is 22.2 Å². The van der Waals surface area contributed by atoms with Crippen LogP contribution in [-0.2, 0) is 10.0 Å². The number of hydrogen-bond donors (Lipinski definition) is 0. The molecule has 0 saturated carbocycles. The maximum Gasteiger partial charge on any atom is 0.243 e. The molecule has 2 aromatic carbocycles. The summed E-state index contributed by atoms with van der Waals surface area (Å²) in [6.07, 6.45) is 1.67. The third-order valence-corrected chi connectivity index (χ3v) is 6.30. The molecule has 0 amide bonds. The number of nitrogens with zero attached hydrogens (tertiary/aromatic N) is 1. The van der Waals surface area contributed by atoms with Crippen molar-refractivity contribution in [3.05, 3.63) is 59.1 Å². The van der Waals surface area contributed by atoms with Crippen LogP contribution in [0.5, 0.6) is 5.75 Å². The number of ether oxygens (including phenoxy) is 1. The maximum atomic E-state index is 12.9. The van der Waals surface area contributed by atoms with Crippen molar-refractivity contribution in [1.29, 1.82) is 0 Å². The van der Waals surface area contributed by atoms with Gasteiger partial charge in [-0.2, -0.15) is 4.31 Å². The molecule has 1 heterocycles. The monoisotopic (exact) mass is 351 g/mol. The Morgan fingerprint density at radius 3 is 2.35 bits per heavy atom. The Balaban J connectivity index is 1.92. The molecule has 0 radical (unpaired) electrons. The first-order valence-electron chi connectivity index (χ1n) is 7.44. The van der Waals surface area contributed by atoms with Gasteiger partial charge < -0.3 is 4.74 Å². The molecule has 0 bridgehead atoms. The summed E-state index contributed by atoms with van der Waals surface area (Å²) in [5.74, 6) is 0.639. The van der Waals surface area contributed by atoms with Crippen LogP contribution in [0.4, 0.5) is 0 Å². The van der Waals surface area contributed by atoms with Crippen LogP contribution in [0.3, 0.4) is 0 Å². The molecule has 4 nitrogen and oxygen atoms in total. The number of sulfonamides is 1. The molecule has 0 unspecified atom stereocenters. The first-order valence-corrected chi connectivity index (χ1v) is 9.25. The molecule has 1 aliphatic rings. The number of methoxy groups -OCH3 is 1. The Kier molecular flexibility index (Phi) is 4.62. The van der Waals surface area contributed by atoms with Crippen molar-refractivity contribution in [2.75, 3.05) is 13.7 Å².